The van der Waals surface area contributed by atoms with Crippen LogP contribution in [0.2, 0.25) is 0 Å². The zero-order valence-corrected chi connectivity index (χ0v) is 12.6. The number of phenolic OH excluding ortho intramolecular Hbond substituents is 1. The van der Waals surface area contributed by atoms with Gasteiger partial charge in [-0.3, -0.25) is 0 Å². The number of hydrogen-bond acceptors (Lipinski definition) is 2. The van der Waals surface area contributed by atoms with Gasteiger partial charge in [-0.1, -0.05) is 37.3 Å². The molecule has 1 unspecified atom stereocenters. The van der Waals surface area contributed by atoms with Crippen LogP contribution in [0, 0.1) is 0 Å². The second-order valence-electron chi connectivity index (χ2n) is 5.83. The van der Waals surface area contributed by atoms with Gasteiger partial charge in [-0.25, -0.2) is 0 Å². The number of rotatable bonds is 4. The van der Waals surface area contributed by atoms with Crippen LogP contribution in [0.5, 0.6) is 5.75 Å². The van der Waals surface area contributed by atoms with Crippen LogP contribution in [-0.2, 0) is 19.4 Å². The smallest absolute Gasteiger partial charge is 0.115 e. The third-order valence-corrected chi connectivity index (χ3v) is 4.48. The topological polar surface area (TPSA) is 32.3 Å². The van der Waals surface area contributed by atoms with Crippen LogP contribution in [0.15, 0.2) is 42.5 Å². The Morgan fingerprint density at radius 1 is 1.14 bits per heavy atom. The minimum atomic E-state index is 0.353. The molecule has 0 saturated heterocycles. The summed E-state index contributed by atoms with van der Waals surface area (Å²) >= 11 is 0. The molecule has 0 fully saturated rings. The Labute approximate surface area is 126 Å². The molecule has 1 aliphatic carbocycles. The summed E-state index contributed by atoms with van der Waals surface area (Å²) in [7, 11) is 0. The van der Waals surface area contributed by atoms with Crippen LogP contribution < -0.4 is 5.32 Å². The average molecular weight is 281 g/mol. The predicted molar refractivity (Wildman–Crippen MR) is 86.4 cm³/mol. The highest BCUT2D eigenvalue weighted by Crippen LogP contribution is 2.32. The van der Waals surface area contributed by atoms with E-state index in [1.165, 1.54) is 28.7 Å². The molecule has 0 aliphatic heterocycles. The Morgan fingerprint density at radius 2 is 1.95 bits per heavy atom. The third kappa shape index (κ3) is 3.11. The zero-order chi connectivity index (χ0) is 14.7. The number of hydrogen-bond donors (Lipinski definition) is 2. The van der Waals surface area contributed by atoms with Crippen LogP contribution in [0.25, 0.3) is 0 Å². The molecule has 0 spiro atoms. The van der Waals surface area contributed by atoms with Crippen molar-refractivity contribution in [2.75, 3.05) is 0 Å². The molecule has 2 aromatic carbocycles. The van der Waals surface area contributed by atoms with Gasteiger partial charge in [-0.05, 0) is 60.1 Å². The average Bonchev–Trinajstić information content (AvgIpc) is 2.53. The Hall–Kier alpha value is -1.80. The van der Waals surface area contributed by atoms with E-state index in [1.807, 2.05) is 6.07 Å². The van der Waals surface area contributed by atoms with Crippen molar-refractivity contribution in [2.24, 2.45) is 0 Å². The second-order valence-corrected chi connectivity index (χ2v) is 5.83. The SMILES string of the molecule is CCc1ccccc1CNC1CCCc2ccc(O)cc21. The molecule has 0 heterocycles. The van der Waals surface area contributed by atoms with Crippen molar-refractivity contribution < 1.29 is 5.11 Å². The van der Waals surface area contributed by atoms with Gasteiger partial charge in [0.1, 0.15) is 5.75 Å². The van der Waals surface area contributed by atoms with E-state index in [9.17, 15) is 5.11 Å². The lowest BCUT2D eigenvalue weighted by atomic mass is 9.87. The first-order valence-corrected chi connectivity index (χ1v) is 7.90. The van der Waals surface area contributed by atoms with Crippen molar-refractivity contribution in [1.82, 2.24) is 5.32 Å². The van der Waals surface area contributed by atoms with Gasteiger partial charge in [0.05, 0.1) is 0 Å². The van der Waals surface area contributed by atoms with Crippen molar-refractivity contribution in [3.8, 4) is 5.75 Å². The maximum Gasteiger partial charge on any atom is 0.115 e. The molecule has 0 bridgehead atoms. The Balaban J connectivity index is 1.76. The molecule has 21 heavy (non-hydrogen) atoms. The number of fused-ring (bicyclic) bond motifs is 1. The number of phenols is 1. The molecule has 2 aromatic rings. The van der Waals surface area contributed by atoms with E-state index < -0.39 is 0 Å². The van der Waals surface area contributed by atoms with E-state index in [2.05, 4.69) is 42.6 Å². The van der Waals surface area contributed by atoms with E-state index in [0.717, 1.165) is 25.8 Å². The molecule has 1 aliphatic rings. The van der Waals surface area contributed by atoms with Gasteiger partial charge in [0.15, 0.2) is 0 Å². The van der Waals surface area contributed by atoms with E-state index in [0.29, 0.717) is 11.8 Å². The maximum atomic E-state index is 9.75. The zero-order valence-electron chi connectivity index (χ0n) is 12.6. The largest absolute Gasteiger partial charge is 0.508 e. The molecule has 0 saturated carbocycles. The molecule has 3 rings (SSSR count). The lowest BCUT2D eigenvalue weighted by molar-refractivity contribution is 0.445. The standard InChI is InChI=1S/C19H23NO/c1-2-14-6-3-4-7-16(14)13-20-19-9-5-8-15-10-11-17(21)12-18(15)19/h3-4,6-7,10-12,19-21H,2,5,8-9,13H2,1H3. The summed E-state index contributed by atoms with van der Waals surface area (Å²) in [6.45, 7) is 3.09. The molecule has 2 N–H and O–H groups in total. The summed E-state index contributed by atoms with van der Waals surface area (Å²) in [6, 6.07) is 14.8. The number of aryl methyl sites for hydroxylation is 2. The first kappa shape index (κ1) is 14.2. The van der Waals surface area contributed by atoms with Crippen molar-refractivity contribution in [3.05, 3.63) is 64.7 Å². The monoisotopic (exact) mass is 281 g/mol. The van der Waals surface area contributed by atoms with Crippen molar-refractivity contribution >= 4 is 0 Å². The van der Waals surface area contributed by atoms with E-state index in [4.69, 9.17) is 0 Å². The van der Waals surface area contributed by atoms with E-state index in [1.54, 1.807) is 6.07 Å². The van der Waals surface area contributed by atoms with Gasteiger partial charge in [-0.15, -0.1) is 0 Å². The first-order chi connectivity index (χ1) is 10.3. The minimum Gasteiger partial charge on any atom is -0.508 e. The van der Waals surface area contributed by atoms with Gasteiger partial charge in [0.25, 0.3) is 0 Å². The Kier molecular flexibility index (Phi) is 4.26. The highest BCUT2D eigenvalue weighted by molar-refractivity contribution is 5.38. The molecule has 0 radical (unpaired) electrons. The Bertz CT molecular complexity index is 621. The van der Waals surface area contributed by atoms with Gasteiger partial charge in [0, 0.05) is 12.6 Å². The van der Waals surface area contributed by atoms with Gasteiger partial charge in [-0.2, -0.15) is 0 Å². The quantitative estimate of drug-likeness (QED) is 0.883. The fraction of sp³-hybridized carbons (Fsp3) is 0.368. The maximum absolute atomic E-state index is 9.75. The number of nitrogens with one attached hydrogen (secondary N) is 1. The van der Waals surface area contributed by atoms with Gasteiger partial charge < -0.3 is 10.4 Å². The fourth-order valence-electron chi connectivity index (χ4n) is 3.31. The Morgan fingerprint density at radius 3 is 2.76 bits per heavy atom. The van der Waals surface area contributed by atoms with Crippen LogP contribution in [0.1, 0.15) is 48.1 Å². The first-order valence-electron chi connectivity index (χ1n) is 7.90. The molecule has 1 atom stereocenters. The number of aromatic hydroxyl groups is 1. The van der Waals surface area contributed by atoms with E-state index in [-0.39, 0.29) is 0 Å². The lowest BCUT2D eigenvalue weighted by Crippen LogP contribution is -2.25. The van der Waals surface area contributed by atoms with Gasteiger partial charge in [0.2, 0.25) is 0 Å². The molecule has 0 aromatic heterocycles. The van der Waals surface area contributed by atoms with E-state index >= 15 is 0 Å². The highest BCUT2D eigenvalue weighted by Gasteiger charge is 2.20. The summed E-state index contributed by atoms with van der Waals surface area (Å²) in [5, 5.41) is 13.4. The summed E-state index contributed by atoms with van der Waals surface area (Å²) < 4.78 is 0. The molecular formula is C19H23NO. The number of benzene rings is 2. The molecular weight excluding hydrogens is 258 g/mol. The lowest BCUT2D eigenvalue weighted by Gasteiger charge is -2.27. The summed E-state index contributed by atoms with van der Waals surface area (Å²) in [5.41, 5.74) is 5.44. The fourth-order valence-corrected chi connectivity index (χ4v) is 3.31. The van der Waals surface area contributed by atoms with Crippen LogP contribution in [0.4, 0.5) is 0 Å². The minimum absolute atomic E-state index is 0.353. The second kappa shape index (κ2) is 6.31. The third-order valence-electron chi connectivity index (χ3n) is 4.48. The van der Waals surface area contributed by atoms with Crippen molar-refractivity contribution in [3.63, 3.8) is 0 Å². The highest BCUT2D eigenvalue weighted by atomic mass is 16.3. The normalized spacial score (nSPS) is 17.5. The summed E-state index contributed by atoms with van der Waals surface area (Å²) in [5.74, 6) is 0.372. The molecule has 2 heteroatoms. The van der Waals surface area contributed by atoms with Crippen molar-refractivity contribution in [1.29, 1.82) is 0 Å². The van der Waals surface area contributed by atoms with Crippen LogP contribution in [0.3, 0.4) is 0 Å². The molecule has 110 valence electrons. The summed E-state index contributed by atoms with van der Waals surface area (Å²) in [4.78, 5) is 0. The molecule has 0 amide bonds. The van der Waals surface area contributed by atoms with Crippen LogP contribution >= 0.6 is 0 Å². The summed E-state index contributed by atoms with van der Waals surface area (Å²) in [6.07, 6.45) is 4.55. The van der Waals surface area contributed by atoms with Crippen molar-refractivity contribution in [2.45, 2.75) is 45.2 Å². The predicted octanol–water partition coefficient (Wildman–Crippen LogP) is 4.12. The molecule has 2 nitrogen and oxygen atoms in total. The van der Waals surface area contributed by atoms with Crippen LogP contribution in [-0.4, -0.2) is 5.11 Å². The van der Waals surface area contributed by atoms with Gasteiger partial charge >= 0.3 is 0 Å².